The van der Waals surface area contributed by atoms with Crippen LogP contribution >= 0.6 is 11.6 Å². The van der Waals surface area contributed by atoms with Crippen molar-refractivity contribution in [3.8, 4) is 22.6 Å². The first kappa shape index (κ1) is 21.6. The minimum atomic E-state index is -0.425. The first-order valence-corrected chi connectivity index (χ1v) is 10.9. The lowest BCUT2D eigenvalue weighted by atomic mass is 10.1. The average Bonchev–Trinajstić information content (AvgIpc) is 3.48. The Morgan fingerprint density at radius 2 is 1.94 bits per heavy atom. The number of amides is 1. The number of carbonyl (C=O) groups excluding carboxylic acids is 1. The number of benzene rings is 2. The number of nitrogens with two attached hydrogens (primary N) is 1. The molecule has 3 heterocycles. The van der Waals surface area contributed by atoms with Gasteiger partial charge in [-0.05, 0) is 30.7 Å². The molecule has 9 nitrogen and oxygen atoms in total. The van der Waals surface area contributed by atoms with Crippen molar-refractivity contribution >= 4 is 34.2 Å². The maximum absolute atomic E-state index is 13.2. The SMILES string of the molecule is C[C@@H](NC(=O)c1nc(-c2cc(Cl)c3[nH]ncc3c2)c(-c2ccn(C)n2)nc1N)c1ccccc1. The van der Waals surface area contributed by atoms with Gasteiger partial charge in [0.25, 0.3) is 5.91 Å². The monoisotopic (exact) mass is 472 g/mol. The smallest absolute Gasteiger partial charge is 0.274 e. The molecule has 0 aliphatic rings. The number of fused-ring (bicyclic) bond motifs is 1. The van der Waals surface area contributed by atoms with Gasteiger partial charge in [-0.2, -0.15) is 10.2 Å². The van der Waals surface area contributed by atoms with Crippen molar-refractivity contribution in [2.45, 2.75) is 13.0 Å². The third kappa shape index (κ3) is 3.97. The molecule has 0 aliphatic carbocycles. The predicted octanol–water partition coefficient (Wildman–Crippen LogP) is 4.15. The third-order valence-electron chi connectivity index (χ3n) is 5.52. The van der Waals surface area contributed by atoms with Gasteiger partial charge >= 0.3 is 0 Å². The van der Waals surface area contributed by atoms with E-state index in [0.29, 0.717) is 33.2 Å². The second-order valence-corrected chi connectivity index (χ2v) is 8.33. The Hall–Kier alpha value is -4.24. The molecule has 5 rings (SSSR count). The van der Waals surface area contributed by atoms with Crippen LogP contribution in [0.4, 0.5) is 5.82 Å². The topological polar surface area (TPSA) is 127 Å². The number of aromatic amines is 1. The number of anilines is 1. The van der Waals surface area contributed by atoms with Gasteiger partial charge in [0.15, 0.2) is 11.5 Å². The normalized spacial score (nSPS) is 12.1. The van der Waals surface area contributed by atoms with Gasteiger partial charge in [-0.25, -0.2) is 9.97 Å². The lowest BCUT2D eigenvalue weighted by Gasteiger charge is -2.16. The van der Waals surface area contributed by atoms with Crippen LogP contribution in [0, 0.1) is 0 Å². The largest absolute Gasteiger partial charge is 0.382 e. The number of aryl methyl sites for hydroxylation is 1. The second-order valence-electron chi connectivity index (χ2n) is 7.93. The maximum Gasteiger partial charge on any atom is 0.274 e. The summed E-state index contributed by atoms with van der Waals surface area (Å²) in [5.74, 6) is -0.414. The number of aromatic nitrogens is 6. The summed E-state index contributed by atoms with van der Waals surface area (Å²) in [7, 11) is 1.81. The number of carbonyl (C=O) groups is 1. The van der Waals surface area contributed by atoms with Crippen LogP contribution in [0.5, 0.6) is 0 Å². The Morgan fingerprint density at radius 3 is 2.68 bits per heavy atom. The van der Waals surface area contributed by atoms with Gasteiger partial charge < -0.3 is 11.1 Å². The summed E-state index contributed by atoms with van der Waals surface area (Å²) in [6, 6.07) is 14.8. The molecule has 0 spiro atoms. The summed E-state index contributed by atoms with van der Waals surface area (Å²) < 4.78 is 1.66. The van der Waals surface area contributed by atoms with Gasteiger partial charge in [-0.15, -0.1) is 0 Å². The Kier molecular flexibility index (Phi) is 5.46. The Bertz CT molecular complexity index is 1510. The van der Waals surface area contributed by atoms with Crippen molar-refractivity contribution in [3.63, 3.8) is 0 Å². The van der Waals surface area contributed by atoms with Crippen LogP contribution < -0.4 is 11.1 Å². The van der Waals surface area contributed by atoms with E-state index >= 15 is 0 Å². The molecule has 34 heavy (non-hydrogen) atoms. The molecular weight excluding hydrogens is 452 g/mol. The highest BCUT2D eigenvalue weighted by Crippen LogP contribution is 2.34. The van der Waals surface area contributed by atoms with Crippen molar-refractivity contribution < 1.29 is 4.79 Å². The first-order chi connectivity index (χ1) is 16.4. The zero-order valence-corrected chi connectivity index (χ0v) is 19.2. The van der Waals surface area contributed by atoms with E-state index in [9.17, 15) is 4.79 Å². The zero-order valence-electron chi connectivity index (χ0n) is 18.5. The molecule has 0 bridgehead atoms. The van der Waals surface area contributed by atoms with Crippen LogP contribution in [0.3, 0.4) is 0 Å². The van der Waals surface area contributed by atoms with Crippen molar-refractivity contribution in [3.05, 3.63) is 77.2 Å². The van der Waals surface area contributed by atoms with Crippen LogP contribution in [0.15, 0.2) is 60.9 Å². The van der Waals surface area contributed by atoms with Gasteiger partial charge in [0, 0.05) is 24.2 Å². The lowest BCUT2D eigenvalue weighted by molar-refractivity contribution is 0.0935. The second kappa shape index (κ2) is 8.60. The standard InChI is InChI=1S/C24H21ClN8O/c1-13(14-6-4-3-5-7-14)28-24(34)22-23(26)30-21(18-8-9-33(2)32-18)20(29-22)15-10-16-12-27-31-19(16)17(25)11-15/h3-13H,1-2H3,(H2,26,30)(H,27,31)(H,28,34)/t13-/m1/s1. The van der Waals surface area contributed by atoms with E-state index in [2.05, 4.69) is 30.6 Å². The summed E-state index contributed by atoms with van der Waals surface area (Å²) in [5, 5.41) is 15.6. The van der Waals surface area contributed by atoms with Crippen LogP contribution in [0.1, 0.15) is 29.0 Å². The number of nitrogens with one attached hydrogen (secondary N) is 2. The van der Waals surface area contributed by atoms with E-state index in [1.54, 1.807) is 30.2 Å². The zero-order chi connectivity index (χ0) is 23.8. The molecule has 1 amide bonds. The van der Waals surface area contributed by atoms with E-state index in [1.807, 2.05) is 49.4 Å². The van der Waals surface area contributed by atoms with E-state index in [0.717, 1.165) is 10.9 Å². The molecule has 0 saturated carbocycles. The average molecular weight is 473 g/mol. The molecular formula is C24H21ClN8O. The molecule has 0 unspecified atom stereocenters. The van der Waals surface area contributed by atoms with Gasteiger partial charge in [-0.3, -0.25) is 14.6 Å². The van der Waals surface area contributed by atoms with Crippen LogP contribution in [-0.4, -0.2) is 35.9 Å². The highest BCUT2D eigenvalue weighted by atomic mass is 35.5. The van der Waals surface area contributed by atoms with E-state index in [-0.39, 0.29) is 17.6 Å². The molecule has 2 aromatic carbocycles. The predicted molar refractivity (Wildman–Crippen MR) is 131 cm³/mol. The summed E-state index contributed by atoms with van der Waals surface area (Å²) in [6.45, 7) is 1.90. The Labute approximate surface area is 200 Å². The van der Waals surface area contributed by atoms with E-state index in [1.165, 1.54) is 0 Å². The molecule has 0 fully saturated rings. The van der Waals surface area contributed by atoms with Crippen LogP contribution in [0.25, 0.3) is 33.5 Å². The first-order valence-electron chi connectivity index (χ1n) is 10.6. The van der Waals surface area contributed by atoms with Gasteiger partial charge in [-0.1, -0.05) is 41.9 Å². The number of H-pyrrole nitrogens is 1. The Balaban J connectivity index is 1.62. The highest BCUT2D eigenvalue weighted by Gasteiger charge is 2.23. The Morgan fingerprint density at radius 1 is 1.15 bits per heavy atom. The molecule has 1 atom stereocenters. The van der Waals surface area contributed by atoms with Gasteiger partial charge in [0.1, 0.15) is 11.4 Å². The maximum atomic E-state index is 13.2. The van der Waals surface area contributed by atoms with Crippen LogP contribution in [0.2, 0.25) is 5.02 Å². The summed E-state index contributed by atoms with van der Waals surface area (Å²) >= 11 is 6.48. The fourth-order valence-electron chi connectivity index (χ4n) is 3.78. The summed E-state index contributed by atoms with van der Waals surface area (Å²) in [6.07, 6.45) is 3.47. The number of halogens is 1. The fourth-order valence-corrected chi connectivity index (χ4v) is 4.05. The molecule has 5 aromatic rings. The van der Waals surface area contributed by atoms with Gasteiger partial charge in [0.2, 0.25) is 0 Å². The number of hydrogen-bond donors (Lipinski definition) is 3. The van der Waals surface area contributed by atoms with E-state index < -0.39 is 5.91 Å². The summed E-state index contributed by atoms with van der Waals surface area (Å²) in [5.41, 5.74) is 10.1. The molecule has 0 saturated heterocycles. The molecule has 0 aliphatic heterocycles. The minimum Gasteiger partial charge on any atom is -0.382 e. The van der Waals surface area contributed by atoms with Crippen molar-refractivity contribution in [2.24, 2.45) is 7.05 Å². The molecule has 0 radical (unpaired) electrons. The highest BCUT2D eigenvalue weighted by molar-refractivity contribution is 6.35. The number of nitrogens with zero attached hydrogens (tertiary/aromatic N) is 5. The molecule has 4 N–H and O–H groups in total. The molecule has 170 valence electrons. The minimum absolute atomic E-state index is 0.0117. The number of rotatable bonds is 5. The number of nitrogen functional groups attached to an aromatic ring is 1. The quantitative estimate of drug-likeness (QED) is 0.352. The van der Waals surface area contributed by atoms with Crippen molar-refractivity contribution in [1.29, 1.82) is 0 Å². The fraction of sp³-hybridized carbons (Fsp3) is 0.125. The van der Waals surface area contributed by atoms with Crippen molar-refractivity contribution in [1.82, 2.24) is 35.3 Å². The summed E-state index contributed by atoms with van der Waals surface area (Å²) in [4.78, 5) is 22.4. The van der Waals surface area contributed by atoms with Gasteiger partial charge in [0.05, 0.1) is 28.5 Å². The third-order valence-corrected chi connectivity index (χ3v) is 5.81. The van der Waals surface area contributed by atoms with Crippen LogP contribution in [-0.2, 0) is 7.05 Å². The number of hydrogen-bond acceptors (Lipinski definition) is 6. The van der Waals surface area contributed by atoms with Crippen molar-refractivity contribution in [2.75, 3.05) is 5.73 Å². The lowest BCUT2D eigenvalue weighted by Crippen LogP contribution is -2.29. The molecule has 3 aromatic heterocycles. The molecule has 10 heteroatoms. The van der Waals surface area contributed by atoms with E-state index in [4.69, 9.17) is 17.3 Å².